The number of methoxy groups -OCH3 is 2. The largest absolute Gasteiger partial charge is 0.354 e. The highest BCUT2D eigenvalue weighted by Crippen LogP contribution is 2.28. The van der Waals surface area contributed by atoms with E-state index in [1.165, 1.54) is 30.2 Å². The monoisotopic (exact) mass is 496 g/mol. The predicted molar refractivity (Wildman–Crippen MR) is 122 cm³/mol. The van der Waals surface area contributed by atoms with Gasteiger partial charge >= 0.3 is 0 Å². The maximum atomic E-state index is 12.6. The van der Waals surface area contributed by atoms with Gasteiger partial charge in [-0.15, -0.1) is 10.2 Å². The molecule has 13 heteroatoms. The lowest BCUT2D eigenvalue weighted by Gasteiger charge is -2.17. The second-order valence-electron chi connectivity index (χ2n) is 7.63. The standard InChI is InChI=1S/C20H28N6O5S2/c1-13(2)19-21-16(24-31-19)12-32-20-23-22-18(26(20)11-17(29-5)30-6)14-8-7-9-15(10-14)33(27,28)25(3)4/h7-10,13,17H,11-12H2,1-6H3. The average Bonchev–Trinajstić information content (AvgIpc) is 3.43. The van der Waals surface area contributed by atoms with Crippen LogP contribution in [0, 0.1) is 0 Å². The van der Waals surface area contributed by atoms with E-state index >= 15 is 0 Å². The van der Waals surface area contributed by atoms with Crippen LogP contribution in [0.5, 0.6) is 0 Å². The van der Waals surface area contributed by atoms with Crippen molar-refractivity contribution >= 4 is 21.8 Å². The van der Waals surface area contributed by atoms with Crippen molar-refractivity contribution in [2.45, 2.75) is 48.4 Å². The summed E-state index contributed by atoms with van der Waals surface area (Å²) in [4.78, 5) is 4.55. The number of hydrogen-bond acceptors (Lipinski definition) is 10. The minimum Gasteiger partial charge on any atom is -0.354 e. The number of ether oxygens (including phenoxy) is 2. The average molecular weight is 497 g/mol. The maximum Gasteiger partial charge on any atom is 0.242 e. The number of nitrogens with zero attached hydrogens (tertiary/aromatic N) is 6. The Morgan fingerprint density at radius 1 is 1.18 bits per heavy atom. The molecule has 0 fully saturated rings. The van der Waals surface area contributed by atoms with Gasteiger partial charge in [-0.3, -0.25) is 4.57 Å². The zero-order valence-corrected chi connectivity index (χ0v) is 21.1. The Kier molecular flexibility index (Phi) is 8.23. The Morgan fingerprint density at radius 2 is 1.91 bits per heavy atom. The van der Waals surface area contributed by atoms with Crippen LogP contribution >= 0.6 is 11.8 Å². The number of aromatic nitrogens is 5. The highest BCUT2D eigenvalue weighted by molar-refractivity contribution is 7.98. The molecule has 180 valence electrons. The van der Waals surface area contributed by atoms with E-state index in [0.717, 1.165) is 0 Å². The second-order valence-corrected chi connectivity index (χ2v) is 10.7. The van der Waals surface area contributed by atoms with E-state index < -0.39 is 16.3 Å². The molecule has 1 aromatic carbocycles. The summed E-state index contributed by atoms with van der Waals surface area (Å²) in [5.41, 5.74) is 0.602. The minimum absolute atomic E-state index is 0.140. The SMILES string of the molecule is COC(Cn1c(SCc2noc(C(C)C)n2)nnc1-c1cccc(S(=O)(=O)N(C)C)c1)OC. The first-order valence-corrected chi connectivity index (χ1v) is 12.6. The predicted octanol–water partition coefficient (Wildman–Crippen LogP) is 2.61. The van der Waals surface area contributed by atoms with E-state index in [2.05, 4.69) is 20.3 Å². The molecule has 0 bridgehead atoms. The lowest BCUT2D eigenvalue weighted by molar-refractivity contribution is -0.111. The number of thioether (sulfide) groups is 1. The first-order chi connectivity index (χ1) is 15.7. The Labute approximate surface area is 197 Å². The van der Waals surface area contributed by atoms with Crippen LogP contribution in [-0.4, -0.2) is 72.2 Å². The molecule has 33 heavy (non-hydrogen) atoms. The minimum atomic E-state index is -3.60. The smallest absolute Gasteiger partial charge is 0.242 e. The maximum absolute atomic E-state index is 12.6. The summed E-state index contributed by atoms with van der Waals surface area (Å²) in [5, 5.41) is 13.2. The van der Waals surface area contributed by atoms with Crippen LogP contribution < -0.4 is 0 Å². The summed E-state index contributed by atoms with van der Waals surface area (Å²) in [6.45, 7) is 4.26. The fraction of sp³-hybridized carbons (Fsp3) is 0.500. The fourth-order valence-electron chi connectivity index (χ4n) is 2.86. The Bertz CT molecular complexity index is 1170. The van der Waals surface area contributed by atoms with Gasteiger partial charge in [0.2, 0.25) is 15.9 Å². The zero-order chi connectivity index (χ0) is 24.2. The quantitative estimate of drug-likeness (QED) is 0.289. The van der Waals surface area contributed by atoms with Gasteiger partial charge in [0, 0.05) is 39.8 Å². The van der Waals surface area contributed by atoms with Gasteiger partial charge in [0.25, 0.3) is 0 Å². The second kappa shape index (κ2) is 10.7. The molecule has 11 nitrogen and oxygen atoms in total. The number of rotatable bonds is 11. The third-order valence-electron chi connectivity index (χ3n) is 4.75. The van der Waals surface area contributed by atoms with Crippen molar-refractivity contribution < 1.29 is 22.4 Å². The summed E-state index contributed by atoms with van der Waals surface area (Å²) in [5.74, 6) is 2.18. The zero-order valence-electron chi connectivity index (χ0n) is 19.4. The molecule has 2 aromatic heterocycles. The van der Waals surface area contributed by atoms with E-state index in [0.29, 0.717) is 40.6 Å². The molecule has 3 rings (SSSR count). The van der Waals surface area contributed by atoms with Crippen LogP contribution in [0.1, 0.15) is 31.5 Å². The van der Waals surface area contributed by atoms with Crippen LogP contribution in [0.3, 0.4) is 0 Å². The number of sulfonamides is 1. The first kappa shape index (κ1) is 25.3. The van der Waals surface area contributed by atoms with Gasteiger partial charge in [-0.1, -0.05) is 42.9 Å². The van der Waals surface area contributed by atoms with Crippen molar-refractivity contribution in [2.24, 2.45) is 0 Å². The van der Waals surface area contributed by atoms with Crippen molar-refractivity contribution in [1.29, 1.82) is 0 Å². The molecular weight excluding hydrogens is 468 g/mol. The number of benzene rings is 1. The molecule has 0 saturated heterocycles. The van der Waals surface area contributed by atoms with E-state index in [9.17, 15) is 8.42 Å². The lowest BCUT2D eigenvalue weighted by atomic mass is 10.2. The van der Waals surface area contributed by atoms with Gasteiger partial charge in [0.15, 0.2) is 23.1 Å². The Hall–Kier alpha value is -2.32. The van der Waals surface area contributed by atoms with E-state index in [4.69, 9.17) is 14.0 Å². The van der Waals surface area contributed by atoms with Crippen LogP contribution in [0.15, 0.2) is 38.8 Å². The molecule has 0 unspecified atom stereocenters. The lowest BCUT2D eigenvalue weighted by Crippen LogP contribution is -2.22. The fourth-order valence-corrected chi connectivity index (χ4v) is 4.60. The normalized spacial score (nSPS) is 12.4. The topological polar surface area (TPSA) is 125 Å². The van der Waals surface area contributed by atoms with Crippen molar-refractivity contribution in [1.82, 2.24) is 29.2 Å². The van der Waals surface area contributed by atoms with Crippen molar-refractivity contribution in [3.8, 4) is 11.4 Å². The number of hydrogen-bond donors (Lipinski definition) is 0. The summed E-state index contributed by atoms with van der Waals surface area (Å²) in [6, 6.07) is 6.58. The van der Waals surface area contributed by atoms with Gasteiger partial charge in [-0.05, 0) is 12.1 Å². The van der Waals surface area contributed by atoms with Gasteiger partial charge < -0.3 is 14.0 Å². The molecule has 0 N–H and O–H groups in total. The van der Waals surface area contributed by atoms with Crippen LogP contribution in [0.25, 0.3) is 11.4 Å². The molecule has 0 radical (unpaired) electrons. The summed E-state index contributed by atoms with van der Waals surface area (Å²) < 4.78 is 44.2. The van der Waals surface area contributed by atoms with E-state index in [1.807, 2.05) is 18.4 Å². The summed E-state index contributed by atoms with van der Waals surface area (Å²) in [6.07, 6.45) is -0.550. The highest BCUT2D eigenvalue weighted by Gasteiger charge is 2.22. The molecule has 0 spiro atoms. The molecule has 0 aliphatic carbocycles. The molecule has 0 saturated carbocycles. The van der Waals surface area contributed by atoms with Gasteiger partial charge in [0.05, 0.1) is 17.2 Å². The van der Waals surface area contributed by atoms with Crippen molar-refractivity contribution in [3.63, 3.8) is 0 Å². The first-order valence-electron chi connectivity index (χ1n) is 10.1. The van der Waals surface area contributed by atoms with Gasteiger partial charge in [0.1, 0.15) is 0 Å². The van der Waals surface area contributed by atoms with Crippen LogP contribution in [0.4, 0.5) is 0 Å². The third kappa shape index (κ3) is 5.79. The molecule has 0 atom stereocenters. The van der Waals surface area contributed by atoms with Crippen molar-refractivity contribution in [2.75, 3.05) is 28.3 Å². The van der Waals surface area contributed by atoms with E-state index in [-0.39, 0.29) is 10.8 Å². The molecule has 3 aromatic rings. The Balaban J connectivity index is 1.96. The van der Waals surface area contributed by atoms with E-state index in [1.54, 1.807) is 38.5 Å². The van der Waals surface area contributed by atoms with Gasteiger partial charge in [-0.25, -0.2) is 12.7 Å². The highest BCUT2D eigenvalue weighted by atomic mass is 32.2. The van der Waals surface area contributed by atoms with Gasteiger partial charge in [-0.2, -0.15) is 4.98 Å². The molecular formula is C20H28N6O5S2. The molecule has 0 amide bonds. The van der Waals surface area contributed by atoms with Crippen molar-refractivity contribution in [3.05, 3.63) is 36.0 Å². The molecule has 0 aliphatic rings. The van der Waals surface area contributed by atoms with Crippen LogP contribution in [-0.2, 0) is 31.8 Å². The summed E-state index contributed by atoms with van der Waals surface area (Å²) in [7, 11) is 2.46. The molecule has 2 heterocycles. The third-order valence-corrected chi connectivity index (χ3v) is 7.53. The molecule has 0 aliphatic heterocycles. The van der Waals surface area contributed by atoms with Crippen LogP contribution in [0.2, 0.25) is 0 Å². The Morgan fingerprint density at radius 3 is 2.52 bits per heavy atom. The summed E-state index contributed by atoms with van der Waals surface area (Å²) >= 11 is 1.39.